The number of rotatable bonds is 14. The Kier molecular flexibility index (Phi) is 12.1. The first-order chi connectivity index (χ1) is 32.9. The molecule has 0 bridgehead atoms. The predicted molar refractivity (Wildman–Crippen MR) is 282 cm³/mol. The van der Waals surface area contributed by atoms with Gasteiger partial charge in [-0.15, -0.1) is 0 Å². The van der Waals surface area contributed by atoms with E-state index >= 15 is 0 Å². The molecule has 2 atom stereocenters. The first kappa shape index (κ1) is 43.0. The normalized spacial score (nSPS) is 15.3. The summed E-state index contributed by atoms with van der Waals surface area (Å²) < 4.78 is 13.4. The average Bonchev–Trinajstić information content (AvgIpc) is 3.87. The number of hydrogen-bond donors (Lipinski definition) is 0. The molecular formula is C65H54O2. The number of aryl methyl sites for hydroxylation is 1. The summed E-state index contributed by atoms with van der Waals surface area (Å²) in [7, 11) is 0. The van der Waals surface area contributed by atoms with Gasteiger partial charge in [-0.05, 0) is 124 Å². The monoisotopic (exact) mass is 866 g/mol. The van der Waals surface area contributed by atoms with Crippen molar-refractivity contribution in [3.63, 3.8) is 0 Å². The molecule has 0 N–H and O–H groups in total. The molecule has 326 valence electrons. The summed E-state index contributed by atoms with van der Waals surface area (Å²) in [5.74, 6) is 0.794. The number of benzene rings is 8. The topological polar surface area (TPSA) is 22.4 Å². The van der Waals surface area contributed by atoms with E-state index in [1.54, 1.807) is 0 Å². The summed E-state index contributed by atoms with van der Waals surface area (Å²) in [6, 6.07) is 67.4. The number of para-hydroxylation sites is 1. The second-order valence-corrected chi connectivity index (χ2v) is 17.7. The maximum Gasteiger partial charge on any atom is 0.135 e. The lowest BCUT2D eigenvalue weighted by Gasteiger charge is -2.26. The number of ether oxygens (including phenoxy) is 1. The average molecular weight is 867 g/mol. The van der Waals surface area contributed by atoms with Gasteiger partial charge in [-0.2, -0.15) is 0 Å². The van der Waals surface area contributed by atoms with Gasteiger partial charge in [0.05, 0.1) is 0 Å². The minimum atomic E-state index is -0.470. The van der Waals surface area contributed by atoms with Crippen LogP contribution in [0.2, 0.25) is 0 Å². The molecule has 1 aliphatic carbocycles. The van der Waals surface area contributed by atoms with Crippen LogP contribution in [0, 0.1) is 6.92 Å². The summed E-state index contributed by atoms with van der Waals surface area (Å²) in [5, 5.41) is 2.27. The second kappa shape index (κ2) is 18.9. The van der Waals surface area contributed by atoms with Crippen LogP contribution in [0.4, 0.5) is 0 Å². The molecule has 1 aliphatic rings. The van der Waals surface area contributed by atoms with Crippen molar-refractivity contribution in [1.29, 1.82) is 0 Å². The molecule has 2 unspecified atom stereocenters. The predicted octanol–water partition coefficient (Wildman–Crippen LogP) is 17.0. The van der Waals surface area contributed by atoms with E-state index in [4.69, 9.17) is 9.15 Å². The fourth-order valence-electron chi connectivity index (χ4n) is 10.2. The molecule has 1 aromatic heterocycles. The van der Waals surface area contributed by atoms with Gasteiger partial charge in [0.25, 0.3) is 0 Å². The summed E-state index contributed by atoms with van der Waals surface area (Å²) in [6.07, 6.45) is 16.1. The zero-order chi connectivity index (χ0) is 45.7. The van der Waals surface area contributed by atoms with E-state index in [1.807, 2.05) is 12.1 Å². The number of allylic oxidation sites excluding steroid dienone is 7. The van der Waals surface area contributed by atoms with Gasteiger partial charge in [-0.1, -0.05) is 213 Å². The second-order valence-electron chi connectivity index (χ2n) is 17.7. The zero-order valence-corrected chi connectivity index (χ0v) is 38.5. The van der Waals surface area contributed by atoms with E-state index in [0.717, 1.165) is 61.9 Å². The van der Waals surface area contributed by atoms with Crippen LogP contribution in [0.1, 0.15) is 81.0 Å². The van der Waals surface area contributed by atoms with Crippen LogP contribution in [0.15, 0.2) is 236 Å². The summed E-state index contributed by atoms with van der Waals surface area (Å²) in [5.41, 5.74) is 18.1. The van der Waals surface area contributed by atoms with Crippen LogP contribution in [0.3, 0.4) is 0 Å². The van der Waals surface area contributed by atoms with Gasteiger partial charge in [0, 0.05) is 27.7 Å². The first-order valence-corrected chi connectivity index (χ1v) is 23.3. The van der Waals surface area contributed by atoms with Crippen LogP contribution < -0.4 is 0 Å². The minimum absolute atomic E-state index is 0.0776. The fraction of sp³-hybridized carbons (Fsp3) is 0.108. The van der Waals surface area contributed by atoms with Gasteiger partial charge in [-0.3, -0.25) is 0 Å². The molecule has 10 rings (SSSR count). The lowest BCUT2D eigenvalue weighted by atomic mass is 9.78. The Morgan fingerprint density at radius 1 is 0.672 bits per heavy atom. The van der Waals surface area contributed by atoms with E-state index in [2.05, 4.69) is 246 Å². The van der Waals surface area contributed by atoms with Crippen molar-refractivity contribution in [2.75, 3.05) is 0 Å². The van der Waals surface area contributed by atoms with Crippen LogP contribution in [-0.4, -0.2) is 0 Å². The largest absolute Gasteiger partial charge is 0.489 e. The molecule has 0 fully saturated rings. The maximum atomic E-state index is 6.94. The van der Waals surface area contributed by atoms with E-state index in [1.165, 1.54) is 50.1 Å². The standard InChI is InChI=1S/C65H54O2/c1-5-21-47-26-11-12-28-51(47)44-66-63(52-29-14-10-23-45(52)3)43-65(4)59-34-18-16-31-55(59)58-42-49(38-40-60(58)65)48(22-6-2)37-39-54(53-30-15-13-27-50(53)41-46-24-8-7-9-25-46)56-33-20-36-62-64(56)57-32-17-19-35-61(57)67-62/h5-40,42-43,54H,2,41,44H2,1,3-4H3/b21-5-,39-37-,48-22+,63-43-. The third-order valence-corrected chi connectivity index (χ3v) is 13.5. The molecule has 0 spiro atoms. The van der Waals surface area contributed by atoms with Crippen LogP contribution in [-0.2, 0) is 23.2 Å². The van der Waals surface area contributed by atoms with Gasteiger partial charge in [0.2, 0.25) is 0 Å². The Morgan fingerprint density at radius 2 is 1.37 bits per heavy atom. The third kappa shape index (κ3) is 8.44. The van der Waals surface area contributed by atoms with Crippen LogP contribution in [0.25, 0.3) is 50.5 Å². The van der Waals surface area contributed by atoms with Crippen molar-refractivity contribution in [3.05, 3.63) is 292 Å². The quantitative estimate of drug-likeness (QED) is 0.0803. The van der Waals surface area contributed by atoms with Crippen molar-refractivity contribution >= 4 is 39.3 Å². The van der Waals surface area contributed by atoms with Gasteiger partial charge in [0.1, 0.15) is 23.5 Å². The summed E-state index contributed by atoms with van der Waals surface area (Å²) in [6.45, 7) is 11.2. The molecule has 0 saturated carbocycles. The molecule has 0 radical (unpaired) electrons. The van der Waals surface area contributed by atoms with Gasteiger partial charge < -0.3 is 9.15 Å². The molecular weight excluding hydrogens is 813 g/mol. The number of hydrogen-bond acceptors (Lipinski definition) is 2. The Bertz CT molecular complexity index is 3390. The fourth-order valence-corrected chi connectivity index (χ4v) is 10.2. The van der Waals surface area contributed by atoms with Gasteiger partial charge in [0.15, 0.2) is 0 Å². The van der Waals surface area contributed by atoms with Gasteiger partial charge >= 0.3 is 0 Å². The molecule has 9 aromatic rings. The highest BCUT2D eigenvalue weighted by Gasteiger charge is 2.39. The molecule has 2 nitrogen and oxygen atoms in total. The van der Waals surface area contributed by atoms with Crippen molar-refractivity contribution < 1.29 is 9.15 Å². The maximum absolute atomic E-state index is 6.94. The Morgan fingerprint density at radius 3 is 2.22 bits per heavy atom. The molecule has 1 heterocycles. The van der Waals surface area contributed by atoms with E-state index in [-0.39, 0.29) is 5.92 Å². The highest BCUT2D eigenvalue weighted by Crippen LogP contribution is 2.51. The SMILES string of the molecule is C=C/C=C(\C=C/C(c1ccccc1Cc1ccccc1)c1cccc2oc3ccccc3c12)c1ccc2c(c1)-c1ccccc1C2(C)/C=C(\OCc1ccccc1/C=C\C)c1ccccc1C. The molecule has 0 aliphatic heterocycles. The lowest BCUT2D eigenvalue weighted by molar-refractivity contribution is 0.262. The van der Waals surface area contributed by atoms with Crippen molar-refractivity contribution in [3.8, 4) is 11.1 Å². The van der Waals surface area contributed by atoms with E-state index < -0.39 is 5.41 Å². The van der Waals surface area contributed by atoms with Crippen LogP contribution in [0.5, 0.6) is 0 Å². The van der Waals surface area contributed by atoms with E-state index in [9.17, 15) is 0 Å². The minimum Gasteiger partial charge on any atom is -0.489 e. The Labute approximate surface area is 395 Å². The first-order valence-electron chi connectivity index (χ1n) is 23.3. The lowest BCUT2D eigenvalue weighted by Crippen LogP contribution is -2.19. The Balaban J connectivity index is 1.08. The zero-order valence-electron chi connectivity index (χ0n) is 38.5. The number of furan rings is 1. The molecule has 0 saturated heterocycles. The highest BCUT2D eigenvalue weighted by molar-refractivity contribution is 6.07. The molecule has 0 amide bonds. The van der Waals surface area contributed by atoms with Crippen molar-refractivity contribution in [2.24, 2.45) is 0 Å². The van der Waals surface area contributed by atoms with E-state index in [0.29, 0.717) is 6.61 Å². The van der Waals surface area contributed by atoms with Gasteiger partial charge in [-0.25, -0.2) is 0 Å². The third-order valence-electron chi connectivity index (χ3n) is 13.5. The number of fused-ring (bicyclic) bond motifs is 6. The highest BCUT2D eigenvalue weighted by atomic mass is 16.5. The van der Waals surface area contributed by atoms with Crippen molar-refractivity contribution in [2.45, 2.75) is 45.1 Å². The summed E-state index contributed by atoms with van der Waals surface area (Å²) in [4.78, 5) is 0. The smallest absolute Gasteiger partial charge is 0.135 e. The molecule has 2 heteroatoms. The van der Waals surface area contributed by atoms with Crippen LogP contribution >= 0.6 is 0 Å². The molecule has 67 heavy (non-hydrogen) atoms. The van der Waals surface area contributed by atoms with Crippen molar-refractivity contribution in [1.82, 2.24) is 0 Å². The molecule has 8 aromatic carbocycles. The summed E-state index contributed by atoms with van der Waals surface area (Å²) >= 11 is 0. The Hall–Kier alpha value is -7.94.